The molecule has 120 valence electrons. The van der Waals surface area contributed by atoms with Crippen molar-refractivity contribution in [2.75, 3.05) is 18.6 Å². The number of hydrogen-bond acceptors (Lipinski definition) is 6. The Morgan fingerprint density at radius 2 is 2.00 bits per heavy atom. The van der Waals surface area contributed by atoms with Gasteiger partial charge in [0, 0.05) is 24.4 Å². The van der Waals surface area contributed by atoms with Crippen molar-refractivity contribution in [3.8, 4) is 11.6 Å². The summed E-state index contributed by atoms with van der Waals surface area (Å²) >= 11 is 0. The Morgan fingerprint density at radius 3 is 2.83 bits per heavy atom. The number of hydrogen-bond donors (Lipinski definition) is 1. The van der Waals surface area contributed by atoms with E-state index < -0.39 is 9.84 Å². The highest BCUT2D eigenvalue weighted by Crippen LogP contribution is 2.20. The van der Waals surface area contributed by atoms with Gasteiger partial charge in [-0.1, -0.05) is 18.2 Å². The molecule has 23 heavy (non-hydrogen) atoms. The van der Waals surface area contributed by atoms with Crippen molar-refractivity contribution in [2.24, 2.45) is 0 Å². The minimum atomic E-state index is -2.95. The zero-order valence-electron chi connectivity index (χ0n) is 12.7. The first-order chi connectivity index (χ1) is 11.0. The zero-order chi connectivity index (χ0) is 16.3. The summed E-state index contributed by atoms with van der Waals surface area (Å²) < 4.78 is 27.8. The average molecular weight is 331 g/mol. The van der Waals surface area contributed by atoms with Gasteiger partial charge in [0.05, 0.1) is 17.8 Å². The van der Waals surface area contributed by atoms with Crippen LogP contribution in [0, 0.1) is 0 Å². The third-order valence-electron chi connectivity index (χ3n) is 3.32. The molecule has 3 aromatic rings. The zero-order valence-corrected chi connectivity index (χ0v) is 13.5. The molecule has 0 aliphatic carbocycles. The maximum absolute atomic E-state index is 11.1. The van der Waals surface area contributed by atoms with E-state index in [1.54, 1.807) is 6.20 Å². The number of nitrogens with one attached hydrogen (secondary N) is 1. The highest BCUT2D eigenvalue weighted by molar-refractivity contribution is 7.90. The molecule has 0 saturated heterocycles. The predicted molar refractivity (Wildman–Crippen MR) is 88.7 cm³/mol. The molecule has 0 bridgehead atoms. The molecule has 0 fully saturated rings. The SMILES string of the molecule is CS(=O)(=O)CCNCc1ccc(-c2ncc3ccccc3n2)o1. The van der Waals surface area contributed by atoms with Gasteiger partial charge in [0.15, 0.2) is 11.6 Å². The third kappa shape index (κ3) is 4.14. The van der Waals surface area contributed by atoms with Crippen molar-refractivity contribution in [1.82, 2.24) is 15.3 Å². The van der Waals surface area contributed by atoms with E-state index in [2.05, 4.69) is 15.3 Å². The molecule has 7 heteroatoms. The van der Waals surface area contributed by atoms with Gasteiger partial charge in [0.25, 0.3) is 0 Å². The lowest BCUT2D eigenvalue weighted by Crippen LogP contribution is -2.21. The maximum Gasteiger partial charge on any atom is 0.196 e. The van der Waals surface area contributed by atoms with Crippen molar-refractivity contribution in [3.63, 3.8) is 0 Å². The van der Waals surface area contributed by atoms with Crippen LogP contribution in [0.3, 0.4) is 0 Å². The quantitative estimate of drug-likeness (QED) is 0.696. The van der Waals surface area contributed by atoms with E-state index >= 15 is 0 Å². The topological polar surface area (TPSA) is 85.1 Å². The molecule has 0 spiro atoms. The average Bonchev–Trinajstić information content (AvgIpc) is 2.99. The van der Waals surface area contributed by atoms with E-state index in [1.165, 1.54) is 6.26 Å². The number of sulfone groups is 1. The summed E-state index contributed by atoms with van der Waals surface area (Å²) in [5, 5.41) is 4.02. The molecule has 0 unspecified atom stereocenters. The first-order valence-corrected chi connectivity index (χ1v) is 9.27. The summed E-state index contributed by atoms with van der Waals surface area (Å²) in [5.74, 6) is 1.95. The molecule has 0 radical (unpaired) electrons. The lowest BCUT2D eigenvalue weighted by atomic mass is 10.2. The van der Waals surface area contributed by atoms with Crippen molar-refractivity contribution in [1.29, 1.82) is 0 Å². The Hall–Kier alpha value is -2.25. The van der Waals surface area contributed by atoms with E-state index in [0.29, 0.717) is 30.4 Å². The van der Waals surface area contributed by atoms with Crippen LogP contribution < -0.4 is 5.32 Å². The second kappa shape index (κ2) is 6.47. The molecule has 3 rings (SSSR count). The van der Waals surface area contributed by atoms with Crippen molar-refractivity contribution in [2.45, 2.75) is 6.54 Å². The molecule has 0 saturated carbocycles. The van der Waals surface area contributed by atoms with Gasteiger partial charge in [0.2, 0.25) is 0 Å². The molecule has 0 aliphatic heterocycles. The van der Waals surface area contributed by atoms with Crippen LogP contribution in [0.2, 0.25) is 0 Å². The van der Waals surface area contributed by atoms with Gasteiger partial charge in [-0.25, -0.2) is 18.4 Å². The van der Waals surface area contributed by atoms with E-state index in [9.17, 15) is 8.42 Å². The number of fused-ring (bicyclic) bond motifs is 1. The fraction of sp³-hybridized carbons (Fsp3) is 0.250. The molecule has 2 heterocycles. The number of benzene rings is 1. The predicted octanol–water partition coefficient (Wildman–Crippen LogP) is 2.02. The summed E-state index contributed by atoms with van der Waals surface area (Å²) in [6, 6.07) is 11.4. The minimum absolute atomic E-state index is 0.106. The fourth-order valence-electron chi connectivity index (χ4n) is 2.15. The van der Waals surface area contributed by atoms with Gasteiger partial charge < -0.3 is 9.73 Å². The third-order valence-corrected chi connectivity index (χ3v) is 4.27. The number of para-hydroxylation sites is 1. The van der Waals surface area contributed by atoms with Gasteiger partial charge in [-0.3, -0.25) is 0 Å². The van der Waals surface area contributed by atoms with E-state index in [4.69, 9.17) is 4.42 Å². The smallest absolute Gasteiger partial charge is 0.196 e. The van der Waals surface area contributed by atoms with E-state index in [1.807, 2.05) is 36.4 Å². The van der Waals surface area contributed by atoms with Gasteiger partial charge in [-0.15, -0.1) is 0 Å². The Kier molecular flexibility index (Phi) is 4.40. The van der Waals surface area contributed by atoms with Gasteiger partial charge >= 0.3 is 0 Å². The van der Waals surface area contributed by atoms with E-state index in [0.717, 1.165) is 10.9 Å². The Morgan fingerprint density at radius 1 is 1.17 bits per heavy atom. The Labute approximate surface area is 134 Å². The number of aromatic nitrogens is 2. The lowest BCUT2D eigenvalue weighted by molar-refractivity contribution is 0.495. The molecule has 0 aliphatic rings. The highest BCUT2D eigenvalue weighted by atomic mass is 32.2. The van der Waals surface area contributed by atoms with Crippen molar-refractivity contribution >= 4 is 20.7 Å². The Bertz CT molecular complexity index is 919. The van der Waals surface area contributed by atoms with Crippen LogP contribution in [0.15, 0.2) is 47.0 Å². The van der Waals surface area contributed by atoms with Crippen molar-refractivity contribution in [3.05, 3.63) is 48.4 Å². The summed E-state index contributed by atoms with van der Waals surface area (Å²) in [5.41, 5.74) is 0.863. The number of nitrogens with zero attached hydrogens (tertiary/aromatic N) is 2. The maximum atomic E-state index is 11.1. The van der Waals surface area contributed by atoms with Crippen LogP contribution >= 0.6 is 0 Å². The van der Waals surface area contributed by atoms with Crippen LogP contribution in [-0.4, -0.2) is 36.9 Å². The molecule has 1 aromatic carbocycles. The van der Waals surface area contributed by atoms with Crippen LogP contribution in [0.5, 0.6) is 0 Å². The van der Waals surface area contributed by atoms with Crippen LogP contribution in [0.1, 0.15) is 5.76 Å². The molecule has 0 atom stereocenters. The normalized spacial score (nSPS) is 11.9. The van der Waals surface area contributed by atoms with Crippen molar-refractivity contribution < 1.29 is 12.8 Å². The summed E-state index contributed by atoms with van der Waals surface area (Å²) in [6.45, 7) is 0.852. The molecule has 1 N–H and O–H groups in total. The largest absolute Gasteiger partial charge is 0.456 e. The second-order valence-corrected chi connectivity index (χ2v) is 7.58. The summed E-state index contributed by atoms with van der Waals surface area (Å²) in [4.78, 5) is 8.80. The standard InChI is InChI=1S/C16H17N3O3S/c1-23(20,21)9-8-17-11-13-6-7-15(22-13)16-18-10-12-4-2-3-5-14(12)19-16/h2-7,10,17H,8-9,11H2,1H3. The summed E-state index contributed by atoms with van der Waals surface area (Å²) in [6.07, 6.45) is 2.99. The minimum Gasteiger partial charge on any atom is -0.456 e. The monoisotopic (exact) mass is 331 g/mol. The van der Waals surface area contributed by atoms with Gasteiger partial charge in [0.1, 0.15) is 15.6 Å². The molecule has 6 nitrogen and oxygen atoms in total. The first-order valence-electron chi connectivity index (χ1n) is 7.20. The summed E-state index contributed by atoms with van der Waals surface area (Å²) in [7, 11) is -2.95. The van der Waals surface area contributed by atoms with Gasteiger partial charge in [-0.05, 0) is 18.2 Å². The van der Waals surface area contributed by atoms with Crippen LogP contribution in [0.25, 0.3) is 22.5 Å². The lowest BCUT2D eigenvalue weighted by Gasteiger charge is -2.02. The molecule has 0 amide bonds. The van der Waals surface area contributed by atoms with E-state index in [-0.39, 0.29) is 5.75 Å². The molecular weight excluding hydrogens is 314 g/mol. The number of rotatable bonds is 6. The van der Waals surface area contributed by atoms with Gasteiger partial charge in [-0.2, -0.15) is 0 Å². The molecular formula is C16H17N3O3S. The Balaban J connectivity index is 1.68. The molecule has 2 aromatic heterocycles. The number of furan rings is 1. The second-order valence-electron chi connectivity index (χ2n) is 5.33. The first kappa shape index (κ1) is 15.6. The highest BCUT2D eigenvalue weighted by Gasteiger charge is 2.09. The fourth-order valence-corrected chi connectivity index (χ4v) is 2.67. The van der Waals surface area contributed by atoms with Crippen LogP contribution in [-0.2, 0) is 16.4 Å². The van der Waals surface area contributed by atoms with Crippen LogP contribution in [0.4, 0.5) is 0 Å².